The summed E-state index contributed by atoms with van der Waals surface area (Å²) in [6.45, 7) is 3.39. The van der Waals surface area contributed by atoms with E-state index in [1.807, 2.05) is 0 Å². The molecule has 0 heterocycles. The van der Waals surface area contributed by atoms with Crippen molar-refractivity contribution < 1.29 is 17.9 Å². The van der Waals surface area contributed by atoms with E-state index in [1.54, 1.807) is 13.8 Å². The molecule has 0 spiro atoms. The summed E-state index contributed by atoms with van der Waals surface area (Å²) in [6.07, 6.45) is -4.42. The molecule has 0 aromatic heterocycles. The molecular formula is C11H14F3NO. The number of benzene rings is 1. The van der Waals surface area contributed by atoms with Crippen molar-refractivity contribution >= 4 is 0 Å². The molecule has 2 nitrogen and oxygen atoms in total. The highest BCUT2D eigenvalue weighted by atomic mass is 19.4. The van der Waals surface area contributed by atoms with Crippen molar-refractivity contribution in [2.24, 2.45) is 5.73 Å². The first kappa shape index (κ1) is 12.8. The Bertz CT molecular complexity index is 364. The van der Waals surface area contributed by atoms with E-state index < -0.39 is 12.2 Å². The highest BCUT2D eigenvalue weighted by molar-refractivity contribution is 5.44. The molecule has 0 amide bonds. The topological polar surface area (TPSA) is 35.2 Å². The van der Waals surface area contributed by atoms with Crippen LogP contribution in [0.3, 0.4) is 0 Å². The van der Waals surface area contributed by atoms with Crippen LogP contribution >= 0.6 is 0 Å². The fraction of sp³-hybridized carbons (Fsp3) is 0.455. The molecule has 1 rings (SSSR count). The zero-order chi connectivity index (χ0) is 12.5. The van der Waals surface area contributed by atoms with Gasteiger partial charge in [-0.3, -0.25) is 0 Å². The van der Waals surface area contributed by atoms with Gasteiger partial charge in [-0.05, 0) is 30.5 Å². The summed E-state index contributed by atoms with van der Waals surface area (Å²) in [7, 11) is 1.48. The first-order valence-corrected chi connectivity index (χ1v) is 4.74. The zero-order valence-corrected chi connectivity index (χ0v) is 9.35. The molecule has 1 atom stereocenters. The molecule has 0 aliphatic carbocycles. The second-order valence-electron chi connectivity index (χ2n) is 3.71. The van der Waals surface area contributed by atoms with Gasteiger partial charge in [0.2, 0.25) is 0 Å². The number of alkyl halides is 3. The Hall–Kier alpha value is -1.23. The van der Waals surface area contributed by atoms with Crippen molar-refractivity contribution in [3.8, 4) is 5.75 Å². The molecule has 1 aromatic rings. The molecule has 0 aliphatic rings. The van der Waals surface area contributed by atoms with Crippen molar-refractivity contribution in [2.75, 3.05) is 7.11 Å². The van der Waals surface area contributed by atoms with Crippen LogP contribution in [0.15, 0.2) is 12.1 Å². The van der Waals surface area contributed by atoms with E-state index in [1.165, 1.54) is 19.2 Å². The molecule has 0 radical (unpaired) electrons. The summed E-state index contributed by atoms with van der Waals surface area (Å²) in [5.74, 6) is 0.595. The minimum atomic E-state index is -4.42. The summed E-state index contributed by atoms with van der Waals surface area (Å²) in [4.78, 5) is 0. The van der Waals surface area contributed by atoms with Gasteiger partial charge in [0.1, 0.15) is 11.8 Å². The maximum Gasteiger partial charge on any atom is 0.407 e. The molecule has 0 fully saturated rings. The second kappa shape index (κ2) is 4.33. The van der Waals surface area contributed by atoms with Gasteiger partial charge in [-0.2, -0.15) is 13.2 Å². The second-order valence-corrected chi connectivity index (χ2v) is 3.71. The van der Waals surface area contributed by atoms with Gasteiger partial charge in [0.05, 0.1) is 7.11 Å². The fourth-order valence-corrected chi connectivity index (χ4v) is 1.67. The fourth-order valence-electron chi connectivity index (χ4n) is 1.67. The zero-order valence-electron chi connectivity index (χ0n) is 9.35. The minimum absolute atomic E-state index is 0.0586. The molecule has 1 aromatic carbocycles. The largest absolute Gasteiger partial charge is 0.496 e. The monoisotopic (exact) mass is 233 g/mol. The molecule has 0 saturated heterocycles. The lowest BCUT2D eigenvalue weighted by Crippen LogP contribution is -2.28. The van der Waals surface area contributed by atoms with E-state index in [4.69, 9.17) is 10.5 Å². The quantitative estimate of drug-likeness (QED) is 0.852. The number of aryl methyl sites for hydroxylation is 2. The summed E-state index contributed by atoms with van der Waals surface area (Å²) >= 11 is 0. The summed E-state index contributed by atoms with van der Waals surface area (Å²) < 4.78 is 42.3. The molecular weight excluding hydrogens is 219 g/mol. The van der Waals surface area contributed by atoms with Gasteiger partial charge < -0.3 is 10.5 Å². The van der Waals surface area contributed by atoms with Gasteiger partial charge in [0.15, 0.2) is 0 Å². The van der Waals surface area contributed by atoms with Crippen molar-refractivity contribution in [1.82, 2.24) is 0 Å². The van der Waals surface area contributed by atoms with Gasteiger partial charge in [0.25, 0.3) is 0 Å². The van der Waals surface area contributed by atoms with Crippen LogP contribution in [-0.2, 0) is 0 Å². The van der Waals surface area contributed by atoms with Gasteiger partial charge in [-0.1, -0.05) is 12.1 Å². The van der Waals surface area contributed by atoms with E-state index in [0.29, 0.717) is 16.9 Å². The summed E-state index contributed by atoms with van der Waals surface area (Å²) in [6, 6.07) is 0.865. The molecule has 0 bridgehead atoms. The molecule has 0 aliphatic heterocycles. The Morgan fingerprint density at radius 3 is 1.94 bits per heavy atom. The molecule has 2 N–H and O–H groups in total. The van der Waals surface area contributed by atoms with Crippen molar-refractivity contribution in [3.05, 3.63) is 28.8 Å². The molecule has 90 valence electrons. The molecule has 16 heavy (non-hydrogen) atoms. The number of halogens is 3. The van der Waals surface area contributed by atoms with Crippen LogP contribution in [0.5, 0.6) is 5.75 Å². The number of hydrogen-bond acceptors (Lipinski definition) is 2. The lowest BCUT2D eigenvalue weighted by atomic mass is 10.0. The average molecular weight is 233 g/mol. The van der Waals surface area contributed by atoms with E-state index >= 15 is 0 Å². The lowest BCUT2D eigenvalue weighted by molar-refractivity contribution is -0.149. The number of rotatable bonds is 2. The van der Waals surface area contributed by atoms with Crippen molar-refractivity contribution in [1.29, 1.82) is 0 Å². The van der Waals surface area contributed by atoms with E-state index in [9.17, 15) is 13.2 Å². The normalized spacial score (nSPS) is 13.7. The van der Waals surface area contributed by atoms with Crippen LogP contribution in [0.1, 0.15) is 22.7 Å². The van der Waals surface area contributed by atoms with Crippen LogP contribution in [0, 0.1) is 13.8 Å². The Labute approximate surface area is 92.2 Å². The SMILES string of the molecule is COc1c(C)cc([C@H](N)C(F)(F)F)cc1C. The van der Waals surface area contributed by atoms with Crippen LogP contribution in [0.4, 0.5) is 13.2 Å². The van der Waals surface area contributed by atoms with E-state index in [0.717, 1.165) is 0 Å². The predicted octanol–water partition coefficient (Wildman–Crippen LogP) is 2.87. The summed E-state index contributed by atoms with van der Waals surface area (Å²) in [5.41, 5.74) is 6.49. The standard InChI is InChI=1S/C11H14F3NO/c1-6-4-8(10(15)11(12,13)14)5-7(2)9(6)16-3/h4-5,10H,15H2,1-3H3/t10-/m0/s1. The maximum atomic E-state index is 12.4. The van der Waals surface area contributed by atoms with Gasteiger partial charge >= 0.3 is 6.18 Å². The van der Waals surface area contributed by atoms with Crippen molar-refractivity contribution in [2.45, 2.75) is 26.1 Å². The first-order chi connectivity index (χ1) is 7.27. The highest BCUT2D eigenvalue weighted by Gasteiger charge is 2.38. The smallest absolute Gasteiger partial charge is 0.407 e. The number of nitrogens with two attached hydrogens (primary N) is 1. The van der Waals surface area contributed by atoms with E-state index in [-0.39, 0.29) is 5.56 Å². The Balaban J connectivity index is 3.19. The van der Waals surface area contributed by atoms with Gasteiger partial charge in [-0.15, -0.1) is 0 Å². The van der Waals surface area contributed by atoms with Crippen LogP contribution in [0.2, 0.25) is 0 Å². The third-order valence-electron chi connectivity index (χ3n) is 2.40. The van der Waals surface area contributed by atoms with Crippen LogP contribution in [-0.4, -0.2) is 13.3 Å². The number of methoxy groups -OCH3 is 1. The first-order valence-electron chi connectivity index (χ1n) is 4.74. The Morgan fingerprint density at radius 2 is 1.62 bits per heavy atom. The summed E-state index contributed by atoms with van der Waals surface area (Å²) in [5, 5.41) is 0. The van der Waals surface area contributed by atoms with E-state index in [2.05, 4.69) is 0 Å². The average Bonchev–Trinajstić information content (AvgIpc) is 2.14. The van der Waals surface area contributed by atoms with Crippen LogP contribution < -0.4 is 10.5 Å². The van der Waals surface area contributed by atoms with Gasteiger partial charge in [0, 0.05) is 0 Å². The number of ether oxygens (including phenoxy) is 1. The third-order valence-corrected chi connectivity index (χ3v) is 2.40. The third kappa shape index (κ3) is 2.47. The molecule has 0 saturated carbocycles. The number of hydrogen-bond donors (Lipinski definition) is 1. The molecule has 0 unspecified atom stereocenters. The highest BCUT2D eigenvalue weighted by Crippen LogP contribution is 2.34. The predicted molar refractivity (Wildman–Crippen MR) is 55.5 cm³/mol. The van der Waals surface area contributed by atoms with Crippen molar-refractivity contribution in [3.63, 3.8) is 0 Å². The Kier molecular flexibility index (Phi) is 3.48. The molecule has 5 heteroatoms. The Morgan fingerprint density at radius 1 is 1.19 bits per heavy atom. The lowest BCUT2D eigenvalue weighted by Gasteiger charge is -2.18. The minimum Gasteiger partial charge on any atom is -0.496 e. The van der Waals surface area contributed by atoms with Crippen LogP contribution in [0.25, 0.3) is 0 Å². The maximum absolute atomic E-state index is 12.4. The van der Waals surface area contributed by atoms with Gasteiger partial charge in [-0.25, -0.2) is 0 Å².